The van der Waals surface area contributed by atoms with Crippen LogP contribution in [-0.2, 0) is 0 Å². The minimum atomic E-state index is -0.745. The third-order valence-corrected chi connectivity index (χ3v) is 4.66. The summed E-state index contributed by atoms with van der Waals surface area (Å²) in [7, 11) is 0. The van der Waals surface area contributed by atoms with E-state index in [0.717, 1.165) is 12.2 Å². The van der Waals surface area contributed by atoms with Gasteiger partial charge in [0.2, 0.25) is 0 Å². The number of unbranched alkanes of at least 4 members (excludes halogenated alkanes) is 5. The lowest BCUT2D eigenvalue weighted by atomic mass is 10.1. The third kappa shape index (κ3) is 5.95. The number of benzene rings is 2. The molecule has 0 aliphatic carbocycles. The van der Waals surface area contributed by atoms with E-state index in [2.05, 4.69) is 6.92 Å². The number of carbonyl (C=O) groups is 1. The van der Waals surface area contributed by atoms with Gasteiger partial charge >= 0.3 is 11.6 Å². The molecule has 0 aliphatic heterocycles. The highest BCUT2D eigenvalue weighted by molar-refractivity contribution is 5.94. The summed E-state index contributed by atoms with van der Waals surface area (Å²) in [5.41, 5.74) is -0.416. The van der Waals surface area contributed by atoms with Crippen LogP contribution in [0.5, 0.6) is 11.5 Å². The van der Waals surface area contributed by atoms with Gasteiger partial charge in [-0.3, -0.25) is 0 Å². The monoisotopic (exact) mass is 394 g/mol. The molecule has 0 fully saturated rings. The van der Waals surface area contributed by atoms with Crippen LogP contribution in [0.1, 0.15) is 55.8 Å². The van der Waals surface area contributed by atoms with Crippen molar-refractivity contribution in [1.29, 1.82) is 0 Å². The number of ether oxygens (including phenoxy) is 2. The van der Waals surface area contributed by atoms with Crippen molar-refractivity contribution < 1.29 is 18.7 Å². The summed E-state index contributed by atoms with van der Waals surface area (Å²) in [5.74, 6) is 0.323. The molecule has 0 bridgehead atoms. The highest BCUT2D eigenvalue weighted by Gasteiger charge is 2.16. The Hall–Kier alpha value is -3.08. The Labute approximate surface area is 170 Å². The fraction of sp³-hybridized carbons (Fsp3) is 0.333. The van der Waals surface area contributed by atoms with Gasteiger partial charge in [0.1, 0.15) is 22.6 Å². The smallest absolute Gasteiger partial charge is 0.351 e. The van der Waals surface area contributed by atoms with E-state index < -0.39 is 11.6 Å². The Morgan fingerprint density at radius 2 is 1.59 bits per heavy atom. The van der Waals surface area contributed by atoms with Crippen LogP contribution in [0.15, 0.2) is 63.8 Å². The molecule has 0 spiro atoms. The summed E-state index contributed by atoms with van der Waals surface area (Å²) < 4.78 is 16.2. The molecule has 0 amide bonds. The number of carbonyl (C=O) groups excluding carboxylic acids is 1. The number of hydrogen-bond acceptors (Lipinski definition) is 5. The Balaban J connectivity index is 1.52. The van der Waals surface area contributed by atoms with E-state index in [1.54, 1.807) is 48.5 Å². The number of fused-ring (bicyclic) bond motifs is 1. The molecule has 0 unspecified atom stereocenters. The maximum Gasteiger partial charge on any atom is 0.351 e. The normalized spacial score (nSPS) is 10.8. The lowest BCUT2D eigenvalue weighted by Crippen LogP contribution is -2.18. The van der Waals surface area contributed by atoms with Crippen molar-refractivity contribution in [2.75, 3.05) is 6.61 Å². The van der Waals surface area contributed by atoms with E-state index in [-0.39, 0.29) is 5.56 Å². The van der Waals surface area contributed by atoms with Gasteiger partial charge in [-0.2, -0.15) is 0 Å². The van der Waals surface area contributed by atoms with Gasteiger partial charge in [0.25, 0.3) is 0 Å². The van der Waals surface area contributed by atoms with Gasteiger partial charge in [0, 0.05) is 5.39 Å². The van der Waals surface area contributed by atoms with Crippen LogP contribution < -0.4 is 15.1 Å². The van der Waals surface area contributed by atoms with Crippen LogP contribution in [0.4, 0.5) is 0 Å². The van der Waals surface area contributed by atoms with Crippen LogP contribution >= 0.6 is 0 Å². The third-order valence-electron chi connectivity index (χ3n) is 4.66. The zero-order valence-corrected chi connectivity index (χ0v) is 16.7. The number of esters is 1. The number of para-hydroxylation sites is 1. The van der Waals surface area contributed by atoms with Gasteiger partial charge in [0.15, 0.2) is 0 Å². The molecular weight excluding hydrogens is 368 g/mol. The van der Waals surface area contributed by atoms with Crippen LogP contribution in [0, 0.1) is 0 Å². The van der Waals surface area contributed by atoms with Crippen molar-refractivity contribution in [3.05, 3.63) is 70.6 Å². The van der Waals surface area contributed by atoms with E-state index in [1.165, 1.54) is 38.2 Å². The molecule has 2 aromatic carbocycles. The van der Waals surface area contributed by atoms with Gasteiger partial charge in [-0.1, -0.05) is 57.2 Å². The molecule has 5 nitrogen and oxygen atoms in total. The second kappa shape index (κ2) is 10.5. The van der Waals surface area contributed by atoms with Crippen LogP contribution in [-0.4, -0.2) is 12.6 Å². The number of rotatable bonds is 10. The molecule has 0 N–H and O–H groups in total. The average molecular weight is 394 g/mol. The molecule has 3 rings (SSSR count). The zero-order valence-electron chi connectivity index (χ0n) is 16.7. The quantitative estimate of drug-likeness (QED) is 0.189. The molecule has 1 heterocycles. The van der Waals surface area contributed by atoms with E-state index in [9.17, 15) is 9.59 Å². The van der Waals surface area contributed by atoms with Crippen molar-refractivity contribution in [3.63, 3.8) is 0 Å². The van der Waals surface area contributed by atoms with Crippen LogP contribution in [0.25, 0.3) is 11.0 Å². The Morgan fingerprint density at radius 1 is 0.897 bits per heavy atom. The molecule has 0 atom stereocenters. The maximum atomic E-state index is 12.4. The van der Waals surface area contributed by atoms with E-state index in [1.807, 2.05) is 0 Å². The molecular formula is C24H26O5. The van der Waals surface area contributed by atoms with E-state index in [0.29, 0.717) is 23.3 Å². The molecule has 0 radical (unpaired) electrons. The Morgan fingerprint density at radius 3 is 2.38 bits per heavy atom. The van der Waals surface area contributed by atoms with Crippen LogP contribution in [0.2, 0.25) is 0 Å². The molecule has 0 saturated carbocycles. The lowest BCUT2D eigenvalue weighted by Gasteiger charge is -2.08. The first-order valence-corrected chi connectivity index (χ1v) is 10.2. The van der Waals surface area contributed by atoms with Crippen molar-refractivity contribution in [2.45, 2.75) is 45.4 Å². The average Bonchev–Trinajstić information content (AvgIpc) is 2.73. The Bertz CT molecular complexity index is 988. The molecule has 5 heteroatoms. The van der Waals surface area contributed by atoms with Crippen LogP contribution in [0.3, 0.4) is 0 Å². The molecule has 0 saturated heterocycles. The summed E-state index contributed by atoms with van der Waals surface area (Å²) >= 11 is 0. The first-order chi connectivity index (χ1) is 14.2. The second-order valence-corrected chi connectivity index (χ2v) is 6.96. The minimum Gasteiger partial charge on any atom is -0.494 e. The van der Waals surface area contributed by atoms with E-state index in [4.69, 9.17) is 13.9 Å². The van der Waals surface area contributed by atoms with Crippen molar-refractivity contribution in [2.24, 2.45) is 0 Å². The van der Waals surface area contributed by atoms with Gasteiger partial charge in [-0.05, 0) is 42.8 Å². The number of hydrogen-bond donors (Lipinski definition) is 0. The SMILES string of the molecule is CCCCCCCCOc1ccc(OC(=O)c2cc3ccccc3oc2=O)cc1. The predicted molar refractivity (Wildman–Crippen MR) is 113 cm³/mol. The topological polar surface area (TPSA) is 65.7 Å². The minimum absolute atomic E-state index is 0.132. The molecule has 1 aromatic heterocycles. The summed E-state index contributed by atoms with van der Waals surface area (Å²) in [6.07, 6.45) is 7.27. The van der Waals surface area contributed by atoms with Gasteiger partial charge in [0.05, 0.1) is 6.61 Å². The maximum absolute atomic E-state index is 12.4. The van der Waals surface area contributed by atoms with Crippen molar-refractivity contribution >= 4 is 16.9 Å². The largest absolute Gasteiger partial charge is 0.494 e. The predicted octanol–water partition coefficient (Wildman–Crippen LogP) is 5.75. The van der Waals surface area contributed by atoms with Gasteiger partial charge in [-0.15, -0.1) is 0 Å². The molecule has 0 aliphatic rings. The first-order valence-electron chi connectivity index (χ1n) is 10.2. The summed E-state index contributed by atoms with van der Waals surface area (Å²) in [5, 5.41) is 0.664. The van der Waals surface area contributed by atoms with Gasteiger partial charge < -0.3 is 13.9 Å². The highest BCUT2D eigenvalue weighted by atomic mass is 16.5. The first kappa shape index (κ1) is 20.6. The summed E-state index contributed by atoms with van der Waals surface area (Å²) in [6, 6.07) is 15.3. The van der Waals surface area contributed by atoms with Crippen molar-refractivity contribution in [3.8, 4) is 11.5 Å². The summed E-state index contributed by atoms with van der Waals surface area (Å²) in [4.78, 5) is 24.4. The zero-order chi connectivity index (χ0) is 20.5. The second-order valence-electron chi connectivity index (χ2n) is 6.96. The lowest BCUT2D eigenvalue weighted by molar-refractivity contribution is 0.0730. The Kier molecular flexibility index (Phi) is 7.45. The summed E-state index contributed by atoms with van der Waals surface area (Å²) in [6.45, 7) is 2.88. The highest BCUT2D eigenvalue weighted by Crippen LogP contribution is 2.20. The van der Waals surface area contributed by atoms with E-state index >= 15 is 0 Å². The van der Waals surface area contributed by atoms with Gasteiger partial charge in [-0.25, -0.2) is 9.59 Å². The molecule has 152 valence electrons. The standard InChI is InChI=1S/C24H26O5/c1-2-3-4-5-6-9-16-27-19-12-14-20(15-13-19)28-23(25)21-17-18-10-7-8-11-22(18)29-24(21)26/h7-8,10-15,17H,2-6,9,16H2,1H3. The molecule has 29 heavy (non-hydrogen) atoms. The fourth-order valence-electron chi connectivity index (χ4n) is 3.04. The van der Waals surface area contributed by atoms with Crippen molar-refractivity contribution in [1.82, 2.24) is 0 Å². The molecule has 3 aromatic rings. The fourth-order valence-corrected chi connectivity index (χ4v) is 3.04.